The van der Waals surface area contributed by atoms with Crippen LogP contribution in [0.2, 0.25) is 5.02 Å². The molecule has 3 aromatic rings. The molecule has 0 radical (unpaired) electrons. The summed E-state index contributed by atoms with van der Waals surface area (Å²) >= 11 is 5.98. The van der Waals surface area contributed by atoms with E-state index in [1.807, 2.05) is 0 Å². The van der Waals surface area contributed by atoms with Gasteiger partial charge in [-0.2, -0.15) is 5.10 Å². The Morgan fingerprint density at radius 3 is 2.68 bits per heavy atom. The molecule has 0 aliphatic carbocycles. The highest BCUT2D eigenvalue weighted by molar-refractivity contribution is 6.31. The lowest BCUT2D eigenvalue weighted by Crippen LogP contribution is -2.23. The second-order valence-electron chi connectivity index (χ2n) is 5.45. The first kappa shape index (κ1) is 19.5. The van der Waals surface area contributed by atoms with Crippen molar-refractivity contribution < 1.29 is 22.7 Å². The largest absolute Gasteiger partial charge is 0.573 e. The molecule has 0 unspecified atom stereocenters. The van der Waals surface area contributed by atoms with E-state index in [1.54, 1.807) is 12.1 Å². The number of para-hydroxylation sites is 2. The molecule has 0 spiro atoms. The molecule has 1 amide bonds. The van der Waals surface area contributed by atoms with Crippen LogP contribution in [0.25, 0.3) is 5.69 Å². The van der Waals surface area contributed by atoms with Crippen LogP contribution >= 0.6 is 11.6 Å². The lowest BCUT2D eigenvalue weighted by atomic mass is 10.2. The van der Waals surface area contributed by atoms with E-state index in [4.69, 9.17) is 11.6 Å². The first-order chi connectivity index (χ1) is 13.3. The molecule has 7 nitrogen and oxygen atoms in total. The van der Waals surface area contributed by atoms with Gasteiger partial charge in [0.25, 0.3) is 0 Å². The molecule has 3 rings (SSSR count). The van der Waals surface area contributed by atoms with E-state index in [2.05, 4.69) is 25.5 Å². The molecule has 11 heteroatoms. The zero-order chi connectivity index (χ0) is 20.1. The van der Waals surface area contributed by atoms with Crippen molar-refractivity contribution >= 4 is 28.9 Å². The molecule has 0 saturated carbocycles. The van der Waals surface area contributed by atoms with Crippen LogP contribution in [-0.4, -0.2) is 33.6 Å². The molecule has 0 fully saturated rings. The van der Waals surface area contributed by atoms with Crippen molar-refractivity contribution in [3.8, 4) is 11.4 Å². The number of benzene rings is 2. The summed E-state index contributed by atoms with van der Waals surface area (Å²) in [4.78, 5) is 16.1. The summed E-state index contributed by atoms with van der Waals surface area (Å²) in [7, 11) is 0. The van der Waals surface area contributed by atoms with Gasteiger partial charge >= 0.3 is 6.36 Å². The highest BCUT2D eigenvalue weighted by Crippen LogP contribution is 2.30. The number of nitrogens with one attached hydrogen (secondary N) is 2. The minimum Gasteiger partial charge on any atom is -0.404 e. The van der Waals surface area contributed by atoms with Gasteiger partial charge in [0.05, 0.1) is 23.6 Å². The lowest BCUT2D eigenvalue weighted by Gasteiger charge is -2.15. The van der Waals surface area contributed by atoms with Crippen LogP contribution in [0, 0.1) is 0 Å². The highest BCUT2D eigenvalue weighted by Gasteiger charge is 2.32. The predicted molar refractivity (Wildman–Crippen MR) is 96.6 cm³/mol. The molecule has 28 heavy (non-hydrogen) atoms. The van der Waals surface area contributed by atoms with E-state index in [-0.39, 0.29) is 12.2 Å². The number of amides is 1. The Kier molecular flexibility index (Phi) is 5.69. The number of hydrogen-bond donors (Lipinski definition) is 2. The third kappa shape index (κ3) is 5.13. The van der Waals surface area contributed by atoms with Crippen molar-refractivity contribution in [1.29, 1.82) is 0 Å². The van der Waals surface area contributed by atoms with Crippen LogP contribution in [0.5, 0.6) is 5.75 Å². The summed E-state index contributed by atoms with van der Waals surface area (Å²) in [6.07, 6.45) is -2.06. The molecule has 1 aromatic heterocycles. The van der Waals surface area contributed by atoms with Gasteiger partial charge in [0.1, 0.15) is 12.7 Å². The smallest absolute Gasteiger partial charge is 0.404 e. The number of halogens is 4. The van der Waals surface area contributed by atoms with Gasteiger partial charge in [-0.05, 0) is 30.3 Å². The number of aromatic nitrogens is 3. The van der Waals surface area contributed by atoms with Crippen LogP contribution < -0.4 is 15.4 Å². The van der Waals surface area contributed by atoms with Crippen LogP contribution in [-0.2, 0) is 4.79 Å². The summed E-state index contributed by atoms with van der Waals surface area (Å²) in [6.45, 7) is -0.304. The number of anilines is 2. The van der Waals surface area contributed by atoms with Crippen molar-refractivity contribution in [2.75, 3.05) is 17.2 Å². The van der Waals surface area contributed by atoms with Crippen molar-refractivity contribution in [3.05, 3.63) is 60.1 Å². The third-order valence-electron chi connectivity index (χ3n) is 3.45. The average Bonchev–Trinajstić information content (AvgIpc) is 3.14. The van der Waals surface area contributed by atoms with E-state index in [9.17, 15) is 18.0 Å². The molecular formula is C17H13ClF3N5O2. The molecule has 0 saturated heterocycles. The molecule has 0 atom stereocenters. The first-order valence-electron chi connectivity index (χ1n) is 7.85. The van der Waals surface area contributed by atoms with Gasteiger partial charge in [-0.25, -0.2) is 9.67 Å². The van der Waals surface area contributed by atoms with Gasteiger partial charge in [0, 0.05) is 5.02 Å². The first-order valence-corrected chi connectivity index (χ1v) is 8.23. The fourth-order valence-electron chi connectivity index (χ4n) is 2.34. The minimum atomic E-state index is -4.84. The summed E-state index contributed by atoms with van der Waals surface area (Å²) in [6, 6.07) is 10.2. The van der Waals surface area contributed by atoms with Crippen LogP contribution in [0.3, 0.4) is 0 Å². The normalized spacial score (nSPS) is 11.1. The zero-order valence-corrected chi connectivity index (χ0v) is 14.8. The SMILES string of the molecule is O=C(CNc1ccccc1OC(F)(F)F)Nc1cc(Cl)ccc1-n1cncn1. The van der Waals surface area contributed by atoms with E-state index in [1.165, 1.54) is 41.6 Å². The molecule has 1 heterocycles. The maximum atomic E-state index is 12.5. The molecule has 2 N–H and O–H groups in total. The number of carbonyl (C=O) groups excluding carboxylic acids is 1. The number of rotatable bonds is 6. The average molecular weight is 412 g/mol. The molecule has 0 aliphatic rings. The quantitative estimate of drug-likeness (QED) is 0.643. The molecule has 0 bridgehead atoms. The van der Waals surface area contributed by atoms with E-state index >= 15 is 0 Å². The molecule has 2 aromatic carbocycles. The Labute approximate surface area is 162 Å². The summed E-state index contributed by atoms with van der Waals surface area (Å²) in [5.41, 5.74) is 0.915. The lowest BCUT2D eigenvalue weighted by molar-refractivity contribution is -0.274. The van der Waals surface area contributed by atoms with Gasteiger partial charge in [-0.1, -0.05) is 23.7 Å². The maximum absolute atomic E-state index is 12.5. The molecule has 146 valence electrons. The maximum Gasteiger partial charge on any atom is 0.573 e. The fraction of sp³-hybridized carbons (Fsp3) is 0.118. The van der Waals surface area contributed by atoms with Gasteiger partial charge in [0.15, 0.2) is 5.75 Å². The van der Waals surface area contributed by atoms with Gasteiger partial charge < -0.3 is 15.4 Å². The summed E-state index contributed by atoms with van der Waals surface area (Å²) < 4.78 is 42.8. The van der Waals surface area contributed by atoms with E-state index in [0.29, 0.717) is 16.4 Å². The number of carbonyl (C=O) groups is 1. The number of ether oxygens (including phenoxy) is 1. The molecule has 0 aliphatic heterocycles. The van der Waals surface area contributed by atoms with Crippen molar-refractivity contribution in [1.82, 2.24) is 14.8 Å². The highest BCUT2D eigenvalue weighted by atomic mass is 35.5. The predicted octanol–water partition coefficient (Wildman–Crippen LogP) is 3.87. The van der Waals surface area contributed by atoms with Crippen molar-refractivity contribution in [3.63, 3.8) is 0 Å². The Morgan fingerprint density at radius 2 is 1.96 bits per heavy atom. The second kappa shape index (κ2) is 8.17. The molecular weight excluding hydrogens is 399 g/mol. The van der Waals surface area contributed by atoms with Crippen LogP contribution in [0.1, 0.15) is 0 Å². The van der Waals surface area contributed by atoms with Crippen LogP contribution in [0.15, 0.2) is 55.1 Å². The van der Waals surface area contributed by atoms with Crippen molar-refractivity contribution in [2.24, 2.45) is 0 Å². The second-order valence-corrected chi connectivity index (χ2v) is 5.88. The Morgan fingerprint density at radius 1 is 1.18 bits per heavy atom. The standard InChI is InChI=1S/C17H13ClF3N5O2/c18-11-5-6-14(26-10-22-9-24-26)13(7-11)25-16(27)8-23-12-3-1-2-4-15(12)28-17(19,20)21/h1-7,9-10,23H,8H2,(H,25,27). The minimum absolute atomic E-state index is 0.0255. The number of alkyl halides is 3. The Balaban J connectivity index is 1.70. The van der Waals surface area contributed by atoms with Crippen LogP contribution in [0.4, 0.5) is 24.5 Å². The summed E-state index contributed by atoms with van der Waals surface area (Å²) in [5.74, 6) is -0.945. The number of hydrogen-bond acceptors (Lipinski definition) is 5. The van der Waals surface area contributed by atoms with E-state index in [0.717, 1.165) is 6.07 Å². The fourth-order valence-corrected chi connectivity index (χ4v) is 2.51. The Hall–Kier alpha value is -3.27. The van der Waals surface area contributed by atoms with Gasteiger partial charge in [0.2, 0.25) is 5.91 Å². The van der Waals surface area contributed by atoms with Gasteiger partial charge in [-0.15, -0.1) is 13.2 Å². The summed E-state index contributed by atoms with van der Waals surface area (Å²) in [5, 5.41) is 9.64. The number of nitrogens with zero attached hydrogens (tertiary/aromatic N) is 3. The third-order valence-corrected chi connectivity index (χ3v) is 3.69. The van der Waals surface area contributed by atoms with Crippen molar-refractivity contribution in [2.45, 2.75) is 6.36 Å². The zero-order valence-electron chi connectivity index (χ0n) is 14.1. The van der Waals surface area contributed by atoms with Gasteiger partial charge in [-0.3, -0.25) is 4.79 Å². The monoisotopic (exact) mass is 411 g/mol. The topological polar surface area (TPSA) is 81.1 Å². The Bertz CT molecular complexity index is 964. The van der Waals surface area contributed by atoms with E-state index < -0.39 is 18.0 Å².